The lowest BCUT2D eigenvalue weighted by Gasteiger charge is -2.31. The van der Waals surface area contributed by atoms with Gasteiger partial charge in [0.1, 0.15) is 0 Å². The minimum atomic E-state index is -0.586. The zero-order valence-electron chi connectivity index (χ0n) is 16.8. The third-order valence-electron chi connectivity index (χ3n) is 5.49. The summed E-state index contributed by atoms with van der Waals surface area (Å²) in [7, 11) is 0. The van der Waals surface area contributed by atoms with Gasteiger partial charge in [-0.2, -0.15) is 0 Å². The van der Waals surface area contributed by atoms with Crippen molar-refractivity contribution < 1.29 is 9.48 Å². The van der Waals surface area contributed by atoms with Gasteiger partial charge in [0.15, 0.2) is 0 Å². The van der Waals surface area contributed by atoms with Crippen LogP contribution in [-0.4, -0.2) is 27.2 Å². The number of anilines is 1. The molecule has 0 unspecified atom stereocenters. The number of thioether (sulfide) groups is 1. The van der Waals surface area contributed by atoms with Crippen LogP contribution in [0.2, 0.25) is 0 Å². The van der Waals surface area contributed by atoms with Crippen molar-refractivity contribution in [1.29, 1.82) is 0 Å². The van der Waals surface area contributed by atoms with Gasteiger partial charge in [-0.25, -0.2) is 4.90 Å². The van der Waals surface area contributed by atoms with Gasteiger partial charge in [0, 0.05) is 28.6 Å². The molecule has 1 amide bonds. The Morgan fingerprint density at radius 2 is 1.87 bits per heavy atom. The van der Waals surface area contributed by atoms with Crippen molar-refractivity contribution in [2.24, 2.45) is 0 Å². The summed E-state index contributed by atoms with van der Waals surface area (Å²) in [5.74, 6) is -0.122. The molecule has 0 saturated carbocycles. The number of benzene rings is 2. The van der Waals surface area contributed by atoms with E-state index in [-0.39, 0.29) is 11.5 Å². The SMILES string of the molecule is CSc1n[n+]2c(c(=O)[nH]1)-c1ccccc1N(C(C)=O)[C@H]2c1c(C)[nH]c2ccccc12. The monoisotopic (exact) mass is 418 g/mol. The number of hydrogen-bond donors (Lipinski definition) is 2. The second kappa shape index (κ2) is 6.84. The number of carbonyl (C=O) groups excluding carboxylic acids is 1. The Bertz CT molecular complexity index is 1370. The maximum atomic E-state index is 13.1. The first-order valence-electron chi connectivity index (χ1n) is 9.57. The average Bonchev–Trinajstić information content (AvgIpc) is 3.07. The molecule has 8 heteroatoms. The number of nitrogens with zero attached hydrogens (tertiary/aromatic N) is 3. The molecule has 2 aromatic heterocycles. The van der Waals surface area contributed by atoms with Crippen LogP contribution in [0.25, 0.3) is 22.2 Å². The van der Waals surface area contributed by atoms with Crippen LogP contribution < -0.4 is 15.1 Å². The molecule has 0 aliphatic carbocycles. The van der Waals surface area contributed by atoms with E-state index in [2.05, 4.69) is 9.97 Å². The quantitative estimate of drug-likeness (QED) is 0.387. The van der Waals surface area contributed by atoms with Crippen molar-refractivity contribution in [1.82, 2.24) is 15.1 Å². The highest BCUT2D eigenvalue weighted by molar-refractivity contribution is 7.98. The molecule has 2 N–H and O–H groups in total. The normalized spacial score (nSPS) is 15.2. The van der Waals surface area contributed by atoms with Crippen molar-refractivity contribution >= 4 is 34.3 Å². The van der Waals surface area contributed by atoms with E-state index in [1.54, 1.807) is 16.5 Å². The van der Waals surface area contributed by atoms with Gasteiger partial charge in [0.25, 0.3) is 6.17 Å². The second-order valence-electron chi connectivity index (χ2n) is 7.25. The molecule has 0 spiro atoms. The molecular formula is C22H20N5O2S+. The summed E-state index contributed by atoms with van der Waals surface area (Å²) in [5.41, 5.74) is 4.42. The van der Waals surface area contributed by atoms with Gasteiger partial charge in [-0.05, 0) is 36.1 Å². The van der Waals surface area contributed by atoms with Gasteiger partial charge in [0.05, 0.1) is 16.8 Å². The highest BCUT2D eigenvalue weighted by Crippen LogP contribution is 2.40. The molecule has 5 rings (SSSR count). The fraction of sp³-hybridized carbons (Fsp3) is 0.182. The van der Waals surface area contributed by atoms with Crippen molar-refractivity contribution in [3.05, 3.63) is 70.1 Å². The second-order valence-corrected chi connectivity index (χ2v) is 8.04. The van der Waals surface area contributed by atoms with Gasteiger partial charge in [0.2, 0.25) is 11.1 Å². The van der Waals surface area contributed by atoms with E-state index < -0.39 is 6.17 Å². The molecule has 1 aliphatic rings. The highest BCUT2D eigenvalue weighted by atomic mass is 32.2. The standard InChI is InChI=1S/C22H19N5O2S/c1-12-18(14-8-4-6-10-16(14)23-12)21-26(13(2)28)17-11-7-5-9-15(17)19-20(29)24-22(30-3)25-27(19)21/h4-11,21,23H,1-3H3/p+1/t21-/m1/s1. The van der Waals surface area contributed by atoms with Gasteiger partial charge in [-0.3, -0.25) is 14.6 Å². The van der Waals surface area contributed by atoms with Crippen molar-refractivity contribution in [3.63, 3.8) is 0 Å². The molecule has 30 heavy (non-hydrogen) atoms. The minimum Gasteiger partial charge on any atom is -0.358 e. The van der Waals surface area contributed by atoms with Crippen LogP contribution in [0.15, 0.2) is 58.5 Å². The molecule has 0 bridgehead atoms. The van der Waals surface area contributed by atoms with E-state index in [0.717, 1.165) is 22.2 Å². The summed E-state index contributed by atoms with van der Waals surface area (Å²) < 4.78 is 1.69. The maximum Gasteiger partial charge on any atom is 0.325 e. The summed E-state index contributed by atoms with van der Waals surface area (Å²) in [5, 5.41) is 6.22. The Hall–Kier alpha value is -3.39. The molecule has 3 heterocycles. The molecular weight excluding hydrogens is 398 g/mol. The fourth-order valence-corrected chi connectivity index (χ4v) is 4.66. The largest absolute Gasteiger partial charge is 0.358 e. The summed E-state index contributed by atoms with van der Waals surface area (Å²) in [6.07, 6.45) is 1.27. The molecule has 0 fully saturated rings. The van der Waals surface area contributed by atoms with Crippen LogP contribution in [0.1, 0.15) is 24.3 Å². The Kier molecular flexibility index (Phi) is 4.25. The summed E-state index contributed by atoms with van der Waals surface area (Å²) >= 11 is 1.36. The number of carbonyl (C=O) groups is 1. The van der Waals surface area contributed by atoms with E-state index in [0.29, 0.717) is 22.1 Å². The molecule has 4 aromatic rings. The average molecular weight is 419 g/mol. The van der Waals surface area contributed by atoms with Crippen molar-refractivity contribution in [2.45, 2.75) is 25.2 Å². The molecule has 2 aromatic carbocycles. The van der Waals surface area contributed by atoms with Crippen LogP contribution in [0, 0.1) is 6.92 Å². The number of aromatic amines is 2. The maximum absolute atomic E-state index is 13.1. The molecule has 150 valence electrons. The number of hydrogen-bond acceptors (Lipinski definition) is 4. The predicted molar refractivity (Wildman–Crippen MR) is 117 cm³/mol. The summed E-state index contributed by atoms with van der Waals surface area (Å²) in [4.78, 5) is 34.0. The number of H-pyrrole nitrogens is 2. The lowest BCUT2D eigenvalue weighted by molar-refractivity contribution is -0.763. The predicted octanol–water partition coefficient (Wildman–Crippen LogP) is 3.15. The first-order chi connectivity index (χ1) is 14.5. The lowest BCUT2D eigenvalue weighted by Crippen LogP contribution is -2.60. The third-order valence-corrected chi connectivity index (χ3v) is 6.06. The van der Waals surface area contributed by atoms with E-state index >= 15 is 0 Å². The van der Waals surface area contributed by atoms with Crippen LogP contribution in [-0.2, 0) is 4.79 Å². The van der Waals surface area contributed by atoms with Crippen LogP contribution in [0.5, 0.6) is 0 Å². The Labute approximate surface area is 176 Å². The molecule has 0 saturated heterocycles. The summed E-state index contributed by atoms with van der Waals surface area (Å²) in [6.45, 7) is 3.53. The van der Waals surface area contributed by atoms with Crippen LogP contribution >= 0.6 is 11.8 Å². The minimum absolute atomic E-state index is 0.122. The van der Waals surface area contributed by atoms with Gasteiger partial charge in [-0.15, -0.1) is 0 Å². The Morgan fingerprint density at radius 1 is 1.13 bits per heavy atom. The fourth-order valence-electron chi connectivity index (χ4n) is 4.30. The number of amides is 1. The van der Waals surface area contributed by atoms with Gasteiger partial charge < -0.3 is 4.98 Å². The molecule has 7 nitrogen and oxygen atoms in total. The van der Waals surface area contributed by atoms with Crippen molar-refractivity contribution in [3.8, 4) is 11.3 Å². The molecule has 0 radical (unpaired) electrons. The van der Waals surface area contributed by atoms with E-state index in [1.807, 2.05) is 61.7 Å². The Balaban J connectivity index is 1.93. The first kappa shape index (κ1) is 18.6. The number of rotatable bonds is 2. The molecule has 1 atom stereocenters. The smallest absolute Gasteiger partial charge is 0.325 e. The highest BCUT2D eigenvalue weighted by Gasteiger charge is 2.46. The summed E-state index contributed by atoms with van der Waals surface area (Å²) in [6, 6.07) is 15.4. The van der Waals surface area contributed by atoms with E-state index in [1.165, 1.54) is 11.8 Å². The number of para-hydroxylation sites is 2. The third kappa shape index (κ3) is 2.60. The zero-order valence-corrected chi connectivity index (χ0v) is 17.6. The zero-order chi connectivity index (χ0) is 21.0. The van der Waals surface area contributed by atoms with E-state index in [4.69, 9.17) is 5.10 Å². The molecule has 1 aliphatic heterocycles. The van der Waals surface area contributed by atoms with Crippen molar-refractivity contribution in [2.75, 3.05) is 11.2 Å². The van der Waals surface area contributed by atoms with Crippen LogP contribution in [0.4, 0.5) is 5.69 Å². The van der Waals surface area contributed by atoms with E-state index in [9.17, 15) is 9.59 Å². The van der Waals surface area contributed by atoms with Gasteiger partial charge in [-0.1, -0.05) is 42.1 Å². The topological polar surface area (TPSA) is 85.7 Å². The number of aryl methyl sites for hydroxylation is 1. The van der Waals surface area contributed by atoms with Crippen LogP contribution in [0.3, 0.4) is 0 Å². The first-order valence-corrected chi connectivity index (χ1v) is 10.8. The number of aromatic nitrogens is 4. The Morgan fingerprint density at radius 3 is 2.63 bits per heavy atom. The lowest BCUT2D eigenvalue weighted by atomic mass is 10.00. The number of fused-ring (bicyclic) bond motifs is 4. The van der Waals surface area contributed by atoms with Gasteiger partial charge >= 0.3 is 11.3 Å². The number of nitrogens with one attached hydrogen (secondary N) is 2.